The van der Waals surface area contributed by atoms with Crippen LogP contribution in [0.5, 0.6) is 0 Å². The molecule has 0 aromatic carbocycles. The Balaban J connectivity index is 1.76. The van der Waals surface area contributed by atoms with Crippen molar-refractivity contribution in [3.05, 3.63) is 0 Å². The largest absolute Gasteiger partial charge is 0.373 e. The van der Waals surface area contributed by atoms with Gasteiger partial charge in [0.05, 0.1) is 12.7 Å². The Bertz CT molecular complexity index is 132. The number of epoxide rings is 1. The Labute approximate surface area is 71.9 Å². The summed E-state index contributed by atoms with van der Waals surface area (Å²) in [7, 11) is 0. The van der Waals surface area contributed by atoms with Gasteiger partial charge in [0.2, 0.25) is 5.24 Å². The van der Waals surface area contributed by atoms with Gasteiger partial charge in [-0.1, -0.05) is 12.8 Å². The number of unbranched alkanes of at least 4 members (excludes halogenated alkanes) is 2. The zero-order chi connectivity index (χ0) is 8.10. The van der Waals surface area contributed by atoms with E-state index in [-0.39, 0.29) is 5.24 Å². The van der Waals surface area contributed by atoms with Crippen molar-refractivity contribution < 1.29 is 9.53 Å². The molecule has 2 nitrogen and oxygen atoms in total. The first-order valence-electron chi connectivity index (χ1n) is 4.09. The van der Waals surface area contributed by atoms with Crippen LogP contribution in [0, 0.1) is 0 Å². The van der Waals surface area contributed by atoms with E-state index in [4.69, 9.17) is 16.3 Å². The lowest BCUT2D eigenvalue weighted by molar-refractivity contribution is -0.111. The van der Waals surface area contributed by atoms with Crippen LogP contribution < -0.4 is 0 Å². The second-order valence-electron chi connectivity index (χ2n) is 2.91. The fourth-order valence-corrected chi connectivity index (χ4v) is 1.18. The second kappa shape index (κ2) is 4.73. The van der Waals surface area contributed by atoms with Crippen LogP contribution in [0.4, 0.5) is 0 Å². The molecule has 0 aromatic heterocycles. The molecule has 3 heteroatoms. The molecule has 0 aromatic rings. The number of carbonyl (C=O) groups is 1. The lowest BCUT2D eigenvalue weighted by Gasteiger charge is -1.95. The van der Waals surface area contributed by atoms with Gasteiger partial charge in [0.25, 0.3) is 0 Å². The Kier molecular flexibility index (Phi) is 3.87. The van der Waals surface area contributed by atoms with Crippen LogP contribution in [-0.2, 0) is 9.53 Å². The summed E-state index contributed by atoms with van der Waals surface area (Å²) in [6, 6.07) is 0. The van der Waals surface area contributed by atoms with Crippen molar-refractivity contribution in [1.82, 2.24) is 0 Å². The molecule has 1 rings (SSSR count). The Hall–Kier alpha value is -0.0800. The van der Waals surface area contributed by atoms with Gasteiger partial charge in [0.1, 0.15) is 0 Å². The van der Waals surface area contributed by atoms with Gasteiger partial charge in [-0.25, -0.2) is 0 Å². The van der Waals surface area contributed by atoms with Crippen LogP contribution in [0.1, 0.15) is 32.1 Å². The van der Waals surface area contributed by atoms with Crippen LogP contribution in [0.3, 0.4) is 0 Å². The second-order valence-corrected chi connectivity index (χ2v) is 3.33. The summed E-state index contributed by atoms with van der Waals surface area (Å²) in [4.78, 5) is 10.3. The number of rotatable bonds is 6. The molecule has 1 aliphatic heterocycles. The zero-order valence-corrected chi connectivity index (χ0v) is 7.27. The molecule has 1 saturated heterocycles. The topological polar surface area (TPSA) is 29.6 Å². The Morgan fingerprint density at radius 1 is 1.45 bits per heavy atom. The van der Waals surface area contributed by atoms with E-state index >= 15 is 0 Å². The van der Waals surface area contributed by atoms with Crippen molar-refractivity contribution in [2.45, 2.75) is 38.2 Å². The van der Waals surface area contributed by atoms with E-state index < -0.39 is 0 Å². The fraction of sp³-hybridized carbons (Fsp3) is 0.875. The van der Waals surface area contributed by atoms with Crippen LogP contribution in [0.15, 0.2) is 0 Å². The third-order valence-electron chi connectivity index (χ3n) is 1.80. The van der Waals surface area contributed by atoms with E-state index in [1.54, 1.807) is 0 Å². The highest BCUT2D eigenvalue weighted by atomic mass is 35.5. The average molecular weight is 177 g/mol. The minimum atomic E-state index is -0.215. The molecule has 1 atom stereocenters. The van der Waals surface area contributed by atoms with E-state index in [9.17, 15) is 4.79 Å². The van der Waals surface area contributed by atoms with Crippen LogP contribution in [0.25, 0.3) is 0 Å². The SMILES string of the molecule is O=C(Cl)CCCCCC1CO1. The highest BCUT2D eigenvalue weighted by Gasteiger charge is 2.20. The third kappa shape index (κ3) is 5.22. The van der Waals surface area contributed by atoms with E-state index in [0.717, 1.165) is 32.3 Å². The predicted molar refractivity (Wildman–Crippen MR) is 43.7 cm³/mol. The van der Waals surface area contributed by atoms with Crippen LogP contribution in [-0.4, -0.2) is 18.0 Å². The number of hydrogen-bond donors (Lipinski definition) is 0. The van der Waals surface area contributed by atoms with Crippen LogP contribution in [0.2, 0.25) is 0 Å². The summed E-state index contributed by atoms with van der Waals surface area (Å²) in [5.41, 5.74) is 0. The first kappa shape index (κ1) is 9.01. The number of carbonyl (C=O) groups excluding carboxylic acids is 1. The van der Waals surface area contributed by atoms with Gasteiger partial charge in [-0.15, -0.1) is 0 Å². The molecule has 0 radical (unpaired) electrons. The molecule has 11 heavy (non-hydrogen) atoms. The van der Waals surface area contributed by atoms with Gasteiger partial charge < -0.3 is 4.74 Å². The van der Waals surface area contributed by atoms with Gasteiger partial charge in [0, 0.05) is 6.42 Å². The summed E-state index contributed by atoms with van der Waals surface area (Å²) < 4.78 is 5.04. The minimum Gasteiger partial charge on any atom is -0.373 e. The van der Waals surface area contributed by atoms with Gasteiger partial charge in [0.15, 0.2) is 0 Å². The summed E-state index contributed by atoms with van der Waals surface area (Å²) in [6.45, 7) is 0.939. The Morgan fingerprint density at radius 3 is 2.73 bits per heavy atom. The maximum absolute atomic E-state index is 10.3. The predicted octanol–water partition coefficient (Wildman–Crippen LogP) is 2.10. The normalized spacial score (nSPS) is 21.7. The third-order valence-corrected chi connectivity index (χ3v) is 1.99. The van der Waals surface area contributed by atoms with Crippen LogP contribution >= 0.6 is 11.6 Å². The molecule has 0 saturated carbocycles. The van der Waals surface area contributed by atoms with E-state index in [1.807, 2.05) is 0 Å². The number of halogens is 1. The minimum absolute atomic E-state index is 0.215. The quantitative estimate of drug-likeness (QED) is 0.353. The molecule has 0 aliphatic carbocycles. The van der Waals surface area contributed by atoms with Crippen molar-refractivity contribution >= 4 is 16.8 Å². The number of hydrogen-bond acceptors (Lipinski definition) is 2. The zero-order valence-electron chi connectivity index (χ0n) is 6.51. The average Bonchev–Trinajstić information content (AvgIpc) is 2.70. The summed E-state index contributed by atoms with van der Waals surface area (Å²) >= 11 is 5.17. The fourth-order valence-electron chi connectivity index (χ4n) is 1.05. The molecule has 0 amide bonds. The lowest BCUT2D eigenvalue weighted by Crippen LogP contribution is -1.88. The maximum atomic E-state index is 10.3. The Morgan fingerprint density at radius 2 is 2.18 bits per heavy atom. The monoisotopic (exact) mass is 176 g/mol. The first-order chi connectivity index (χ1) is 5.29. The first-order valence-corrected chi connectivity index (χ1v) is 4.47. The number of ether oxygens (including phenoxy) is 1. The van der Waals surface area contributed by atoms with Crippen molar-refractivity contribution in [2.24, 2.45) is 0 Å². The van der Waals surface area contributed by atoms with Crippen molar-refractivity contribution in [3.63, 3.8) is 0 Å². The maximum Gasteiger partial charge on any atom is 0.221 e. The standard InChI is InChI=1S/C8H13ClO2/c9-8(10)5-3-1-2-4-7-6-11-7/h7H,1-6H2. The molecule has 0 bridgehead atoms. The van der Waals surface area contributed by atoms with Crippen molar-refractivity contribution in [1.29, 1.82) is 0 Å². The van der Waals surface area contributed by atoms with Gasteiger partial charge >= 0.3 is 0 Å². The molecule has 1 fully saturated rings. The highest BCUT2D eigenvalue weighted by molar-refractivity contribution is 6.63. The molecular formula is C8H13ClO2. The summed E-state index contributed by atoms with van der Waals surface area (Å²) in [5.74, 6) is 0. The molecule has 0 spiro atoms. The molecule has 1 aliphatic rings. The summed E-state index contributed by atoms with van der Waals surface area (Å²) in [6.07, 6.45) is 5.38. The van der Waals surface area contributed by atoms with Gasteiger partial charge in [-0.05, 0) is 24.4 Å². The van der Waals surface area contributed by atoms with E-state index in [0.29, 0.717) is 12.5 Å². The van der Waals surface area contributed by atoms with E-state index in [2.05, 4.69) is 0 Å². The highest BCUT2D eigenvalue weighted by Crippen LogP contribution is 2.17. The van der Waals surface area contributed by atoms with Gasteiger partial charge in [-0.3, -0.25) is 4.79 Å². The van der Waals surface area contributed by atoms with E-state index in [1.165, 1.54) is 0 Å². The molecule has 1 heterocycles. The molecule has 1 unspecified atom stereocenters. The molecular weight excluding hydrogens is 164 g/mol. The smallest absolute Gasteiger partial charge is 0.221 e. The molecule has 64 valence electrons. The molecule has 0 N–H and O–H groups in total. The van der Waals surface area contributed by atoms with Gasteiger partial charge in [-0.2, -0.15) is 0 Å². The lowest BCUT2D eigenvalue weighted by atomic mass is 10.1. The van der Waals surface area contributed by atoms with Crippen molar-refractivity contribution in [3.8, 4) is 0 Å². The summed E-state index contributed by atoms with van der Waals surface area (Å²) in [5, 5.41) is -0.215. The van der Waals surface area contributed by atoms with Crippen molar-refractivity contribution in [2.75, 3.05) is 6.61 Å².